The van der Waals surface area contributed by atoms with E-state index in [1.54, 1.807) is 6.92 Å². The lowest BCUT2D eigenvalue weighted by Gasteiger charge is -2.37. The van der Waals surface area contributed by atoms with Crippen molar-refractivity contribution in [2.24, 2.45) is 0 Å². The van der Waals surface area contributed by atoms with Gasteiger partial charge in [0.05, 0.1) is 19.3 Å². The van der Waals surface area contributed by atoms with Crippen LogP contribution < -0.4 is 10.2 Å². The van der Waals surface area contributed by atoms with Crippen molar-refractivity contribution < 1.29 is 24.9 Å². The standard InChI is InChI=1S/C21H29N3O5/c1-4-24(5-2)15-8-6-14(7-9-15)13(3)16(10-22)21(28)23-17-12-29-18(11-25)20(27)19(17)26/h6-9,17-20,25-27H,4-5,11-12H2,1-3H3,(H,23,28)/b16-13+/t17-,18+,19+,20+/m0/s1. The average Bonchev–Trinajstić information content (AvgIpc) is 2.73. The highest BCUT2D eigenvalue weighted by Crippen LogP contribution is 2.23. The predicted octanol–water partition coefficient (Wildman–Crippen LogP) is 0.428. The van der Waals surface area contributed by atoms with Crippen molar-refractivity contribution in [2.45, 2.75) is 45.1 Å². The van der Waals surface area contributed by atoms with Crippen LogP contribution in [0.4, 0.5) is 5.69 Å². The van der Waals surface area contributed by atoms with E-state index in [-0.39, 0.29) is 12.2 Å². The van der Waals surface area contributed by atoms with E-state index in [1.807, 2.05) is 30.3 Å². The molecule has 8 heteroatoms. The van der Waals surface area contributed by atoms with Crippen molar-refractivity contribution >= 4 is 17.2 Å². The van der Waals surface area contributed by atoms with Crippen LogP contribution in [0.2, 0.25) is 0 Å². The molecule has 0 spiro atoms. The molecule has 0 radical (unpaired) electrons. The van der Waals surface area contributed by atoms with Crippen LogP contribution in [0.1, 0.15) is 26.3 Å². The van der Waals surface area contributed by atoms with E-state index in [0.29, 0.717) is 5.57 Å². The number of aliphatic hydroxyl groups excluding tert-OH is 3. The molecule has 1 amide bonds. The van der Waals surface area contributed by atoms with Gasteiger partial charge in [0.25, 0.3) is 5.91 Å². The number of ether oxygens (including phenoxy) is 1. The second-order valence-electron chi connectivity index (χ2n) is 6.95. The second-order valence-corrected chi connectivity index (χ2v) is 6.95. The fraction of sp³-hybridized carbons (Fsp3) is 0.524. The lowest BCUT2D eigenvalue weighted by molar-refractivity contribution is -0.163. The number of allylic oxidation sites excluding steroid dienone is 1. The molecule has 0 aliphatic carbocycles. The molecule has 1 saturated heterocycles. The van der Waals surface area contributed by atoms with Crippen LogP contribution in [0.5, 0.6) is 0 Å². The second kappa shape index (κ2) is 10.4. The number of benzene rings is 1. The van der Waals surface area contributed by atoms with Crippen LogP contribution in [-0.2, 0) is 9.53 Å². The zero-order valence-corrected chi connectivity index (χ0v) is 17.0. The van der Waals surface area contributed by atoms with Gasteiger partial charge in [-0.15, -0.1) is 0 Å². The minimum Gasteiger partial charge on any atom is -0.394 e. The number of anilines is 1. The van der Waals surface area contributed by atoms with E-state index in [9.17, 15) is 20.3 Å². The first-order valence-electron chi connectivity index (χ1n) is 9.73. The van der Waals surface area contributed by atoms with Crippen LogP contribution >= 0.6 is 0 Å². The van der Waals surface area contributed by atoms with Gasteiger partial charge in [-0.05, 0) is 44.0 Å². The Balaban J connectivity index is 2.17. The Labute approximate surface area is 171 Å². The van der Waals surface area contributed by atoms with Gasteiger partial charge in [-0.25, -0.2) is 0 Å². The van der Waals surface area contributed by atoms with E-state index >= 15 is 0 Å². The number of hydrogen-bond acceptors (Lipinski definition) is 7. The lowest BCUT2D eigenvalue weighted by Crippen LogP contribution is -2.60. The summed E-state index contributed by atoms with van der Waals surface area (Å²) in [6, 6.07) is 8.66. The molecule has 8 nitrogen and oxygen atoms in total. The molecule has 1 aromatic carbocycles. The summed E-state index contributed by atoms with van der Waals surface area (Å²) in [6.07, 6.45) is -3.55. The van der Waals surface area contributed by atoms with Crippen molar-refractivity contribution in [3.05, 3.63) is 35.4 Å². The first kappa shape index (κ1) is 22.8. The molecule has 4 atom stereocenters. The first-order valence-corrected chi connectivity index (χ1v) is 9.73. The van der Waals surface area contributed by atoms with Gasteiger partial charge in [-0.3, -0.25) is 4.79 Å². The molecule has 0 bridgehead atoms. The molecule has 1 fully saturated rings. The maximum Gasteiger partial charge on any atom is 0.262 e. The molecule has 1 aliphatic rings. The van der Waals surface area contributed by atoms with Crippen LogP contribution in [0.3, 0.4) is 0 Å². The fourth-order valence-corrected chi connectivity index (χ4v) is 3.37. The predicted molar refractivity (Wildman–Crippen MR) is 109 cm³/mol. The molecule has 29 heavy (non-hydrogen) atoms. The monoisotopic (exact) mass is 403 g/mol. The fourth-order valence-electron chi connectivity index (χ4n) is 3.37. The Kier molecular flexibility index (Phi) is 8.17. The minimum atomic E-state index is -1.33. The molecular weight excluding hydrogens is 374 g/mol. The van der Waals surface area contributed by atoms with E-state index in [4.69, 9.17) is 9.84 Å². The molecule has 158 valence electrons. The largest absolute Gasteiger partial charge is 0.394 e. The number of amides is 1. The van der Waals surface area contributed by atoms with Gasteiger partial charge in [-0.2, -0.15) is 5.26 Å². The number of nitriles is 1. The average molecular weight is 403 g/mol. The Bertz CT molecular complexity index is 768. The van der Waals surface area contributed by atoms with Gasteiger partial charge >= 0.3 is 0 Å². The minimum absolute atomic E-state index is 0.0773. The van der Waals surface area contributed by atoms with Crippen LogP contribution in [-0.4, -0.2) is 71.9 Å². The maximum absolute atomic E-state index is 12.6. The summed E-state index contributed by atoms with van der Waals surface area (Å²) in [4.78, 5) is 14.8. The summed E-state index contributed by atoms with van der Waals surface area (Å²) in [5.74, 6) is -0.653. The quantitative estimate of drug-likeness (QED) is 0.384. The summed E-state index contributed by atoms with van der Waals surface area (Å²) >= 11 is 0. The number of carbonyl (C=O) groups is 1. The molecule has 1 aromatic rings. The third kappa shape index (κ3) is 5.14. The van der Waals surface area contributed by atoms with Crippen molar-refractivity contribution in [2.75, 3.05) is 31.2 Å². The molecular formula is C21H29N3O5. The molecule has 2 rings (SSSR count). The summed E-state index contributed by atoms with van der Waals surface area (Å²) in [7, 11) is 0. The van der Waals surface area contributed by atoms with E-state index in [1.165, 1.54) is 0 Å². The highest BCUT2D eigenvalue weighted by Gasteiger charge is 2.39. The van der Waals surface area contributed by atoms with Crippen molar-refractivity contribution in [3.63, 3.8) is 0 Å². The van der Waals surface area contributed by atoms with Gasteiger partial charge in [0.1, 0.15) is 30.0 Å². The SMILES string of the molecule is CCN(CC)c1ccc(/C(C)=C(\C#N)C(=O)N[C@H]2CO[C@H](CO)[C@@H](O)[C@@H]2O)cc1. The Morgan fingerprint density at radius 1 is 1.24 bits per heavy atom. The first-order chi connectivity index (χ1) is 13.9. The van der Waals surface area contributed by atoms with Crippen LogP contribution in [0.15, 0.2) is 29.8 Å². The molecule has 0 unspecified atom stereocenters. The van der Waals surface area contributed by atoms with Crippen molar-refractivity contribution in [1.29, 1.82) is 5.26 Å². The van der Waals surface area contributed by atoms with E-state index in [2.05, 4.69) is 24.1 Å². The summed E-state index contributed by atoms with van der Waals surface area (Å²) < 4.78 is 5.26. The lowest BCUT2D eigenvalue weighted by atomic mass is 9.97. The Hall–Kier alpha value is -2.44. The summed E-state index contributed by atoms with van der Waals surface area (Å²) in [6.45, 7) is 7.08. The molecule has 4 N–H and O–H groups in total. The molecule has 1 aliphatic heterocycles. The van der Waals surface area contributed by atoms with E-state index < -0.39 is 36.9 Å². The smallest absolute Gasteiger partial charge is 0.262 e. The zero-order chi connectivity index (χ0) is 21.6. The molecule has 0 aromatic heterocycles. The van der Waals surface area contributed by atoms with Crippen molar-refractivity contribution in [1.82, 2.24) is 5.32 Å². The summed E-state index contributed by atoms with van der Waals surface area (Å²) in [5.41, 5.74) is 2.24. The maximum atomic E-state index is 12.6. The number of rotatable bonds is 7. The zero-order valence-electron chi connectivity index (χ0n) is 17.0. The topological polar surface area (TPSA) is 126 Å². The Morgan fingerprint density at radius 2 is 1.86 bits per heavy atom. The Morgan fingerprint density at radius 3 is 2.38 bits per heavy atom. The van der Waals surface area contributed by atoms with Crippen LogP contribution in [0.25, 0.3) is 5.57 Å². The van der Waals surface area contributed by atoms with Gasteiger partial charge in [0.2, 0.25) is 0 Å². The third-order valence-electron chi connectivity index (χ3n) is 5.27. The number of carbonyl (C=O) groups excluding carboxylic acids is 1. The molecule has 1 heterocycles. The highest BCUT2D eigenvalue weighted by atomic mass is 16.5. The number of nitrogens with one attached hydrogen (secondary N) is 1. The third-order valence-corrected chi connectivity index (χ3v) is 5.27. The summed E-state index contributed by atoms with van der Waals surface area (Å²) in [5, 5.41) is 41.3. The number of nitrogens with zero attached hydrogens (tertiary/aromatic N) is 2. The highest BCUT2D eigenvalue weighted by molar-refractivity contribution is 6.04. The normalized spacial score (nSPS) is 25.0. The van der Waals surface area contributed by atoms with Gasteiger partial charge in [-0.1, -0.05) is 12.1 Å². The van der Waals surface area contributed by atoms with Gasteiger partial charge < -0.3 is 30.3 Å². The van der Waals surface area contributed by atoms with E-state index in [0.717, 1.165) is 24.3 Å². The van der Waals surface area contributed by atoms with Gasteiger partial charge in [0.15, 0.2) is 0 Å². The number of aliphatic hydroxyl groups is 3. The van der Waals surface area contributed by atoms with Crippen molar-refractivity contribution in [3.8, 4) is 6.07 Å². The van der Waals surface area contributed by atoms with Gasteiger partial charge in [0, 0.05) is 18.8 Å². The number of hydrogen-bond donors (Lipinski definition) is 4. The molecule has 0 saturated carbocycles. The van der Waals surface area contributed by atoms with Crippen LogP contribution in [0, 0.1) is 11.3 Å².